The molecular formula is C24H23N5O4S. The fraction of sp³-hybridized carbons (Fsp3) is 0.250. The number of carbonyl (C=O) groups excluding carboxylic acids is 1. The van der Waals surface area contributed by atoms with Crippen molar-refractivity contribution in [2.45, 2.75) is 6.61 Å². The largest absolute Gasteiger partial charge is 0.493 e. The van der Waals surface area contributed by atoms with Crippen LogP contribution in [0.15, 0.2) is 64.2 Å². The molecule has 5 rings (SSSR count). The molecule has 9 nitrogen and oxygen atoms in total. The first-order valence-corrected chi connectivity index (χ1v) is 11.6. The van der Waals surface area contributed by atoms with Gasteiger partial charge in [-0.25, -0.2) is 0 Å². The van der Waals surface area contributed by atoms with Crippen LogP contribution < -0.4 is 9.47 Å². The predicted molar refractivity (Wildman–Crippen MR) is 131 cm³/mol. The number of ether oxygens (including phenoxy) is 3. The second-order valence-electron chi connectivity index (χ2n) is 7.69. The summed E-state index contributed by atoms with van der Waals surface area (Å²) in [6.07, 6.45) is 1.63. The Bertz CT molecular complexity index is 1210. The van der Waals surface area contributed by atoms with Gasteiger partial charge in [0.15, 0.2) is 22.5 Å². The number of nitrogens with zero attached hydrogens (tertiary/aromatic N) is 4. The number of thioether (sulfide) groups is 1. The summed E-state index contributed by atoms with van der Waals surface area (Å²) in [6.45, 7) is 3.10. The number of carbonyl (C=O) groups is 1. The molecule has 34 heavy (non-hydrogen) atoms. The van der Waals surface area contributed by atoms with E-state index in [0.29, 0.717) is 42.1 Å². The van der Waals surface area contributed by atoms with Crippen molar-refractivity contribution in [1.82, 2.24) is 9.91 Å². The van der Waals surface area contributed by atoms with Gasteiger partial charge in [0.1, 0.15) is 6.61 Å². The number of methoxy groups -OCH3 is 1. The van der Waals surface area contributed by atoms with E-state index in [1.807, 2.05) is 36.4 Å². The summed E-state index contributed by atoms with van der Waals surface area (Å²) in [4.78, 5) is 19.0. The molecule has 1 fully saturated rings. The Labute approximate surface area is 201 Å². The summed E-state index contributed by atoms with van der Waals surface area (Å²) in [7, 11) is 1.56. The molecule has 3 aliphatic heterocycles. The number of aliphatic imine (C=N–C) groups is 1. The highest BCUT2D eigenvalue weighted by Crippen LogP contribution is 2.32. The summed E-state index contributed by atoms with van der Waals surface area (Å²) < 4.78 is 16.8. The van der Waals surface area contributed by atoms with Crippen molar-refractivity contribution in [3.05, 3.63) is 65.2 Å². The Morgan fingerprint density at radius 2 is 1.91 bits per heavy atom. The molecule has 0 unspecified atom stereocenters. The average Bonchev–Trinajstić information content (AvgIpc) is 3.31. The summed E-state index contributed by atoms with van der Waals surface area (Å²) >= 11 is 1.30. The van der Waals surface area contributed by atoms with Crippen molar-refractivity contribution < 1.29 is 19.0 Å². The van der Waals surface area contributed by atoms with E-state index in [-0.39, 0.29) is 11.4 Å². The van der Waals surface area contributed by atoms with Gasteiger partial charge in [-0.05, 0) is 41.1 Å². The van der Waals surface area contributed by atoms with Crippen molar-refractivity contribution in [1.29, 1.82) is 5.41 Å². The molecule has 0 bridgehead atoms. The van der Waals surface area contributed by atoms with E-state index in [1.54, 1.807) is 25.3 Å². The number of amidine groups is 3. The number of fused-ring (bicyclic) bond motifs is 1. The van der Waals surface area contributed by atoms with E-state index >= 15 is 0 Å². The predicted octanol–water partition coefficient (Wildman–Crippen LogP) is 3.18. The van der Waals surface area contributed by atoms with Crippen LogP contribution >= 0.6 is 11.8 Å². The zero-order valence-electron chi connectivity index (χ0n) is 18.6. The summed E-state index contributed by atoms with van der Waals surface area (Å²) in [5.74, 6) is 0.655. The van der Waals surface area contributed by atoms with E-state index in [1.165, 1.54) is 16.8 Å². The summed E-state index contributed by atoms with van der Waals surface area (Å²) in [5, 5.41) is 15.7. The van der Waals surface area contributed by atoms with Gasteiger partial charge in [0, 0.05) is 13.1 Å². The third kappa shape index (κ3) is 4.55. The molecule has 1 amide bonds. The van der Waals surface area contributed by atoms with Gasteiger partial charge in [0.2, 0.25) is 5.17 Å². The zero-order chi connectivity index (χ0) is 23.5. The third-order valence-corrected chi connectivity index (χ3v) is 6.43. The van der Waals surface area contributed by atoms with Gasteiger partial charge < -0.3 is 19.1 Å². The van der Waals surface area contributed by atoms with Crippen LogP contribution in [0.1, 0.15) is 11.1 Å². The van der Waals surface area contributed by atoms with Crippen LogP contribution in [0.25, 0.3) is 6.08 Å². The molecule has 3 heterocycles. The van der Waals surface area contributed by atoms with Gasteiger partial charge in [0.05, 0.1) is 25.9 Å². The molecule has 0 saturated carbocycles. The van der Waals surface area contributed by atoms with Crippen molar-refractivity contribution in [2.24, 2.45) is 10.1 Å². The van der Waals surface area contributed by atoms with E-state index in [0.717, 1.165) is 23.8 Å². The van der Waals surface area contributed by atoms with Gasteiger partial charge in [-0.3, -0.25) is 10.2 Å². The Morgan fingerprint density at radius 1 is 1.12 bits per heavy atom. The number of morpholine rings is 1. The lowest BCUT2D eigenvalue weighted by atomic mass is 10.1. The normalized spacial score (nSPS) is 19.1. The minimum atomic E-state index is -0.467. The number of hydrogen-bond donors (Lipinski definition) is 1. The van der Waals surface area contributed by atoms with Gasteiger partial charge in [-0.2, -0.15) is 10.0 Å². The van der Waals surface area contributed by atoms with Crippen LogP contribution in [0.4, 0.5) is 0 Å². The highest BCUT2D eigenvalue weighted by atomic mass is 32.2. The van der Waals surface area contributed by atoms with Gasteiger partial charge in [0.25, 0.3) is 5.91 Å². The van der Waals surface area contributed by atoms with E-state index in [4.69, 9.17) is 19.6 Å². The van der Waals surface area contributed by atoms with Crippen molar-refractivity contribution in [2.75, 3.05) is 33.4 Å². The topological polar surface area (TPSA) is 99.8 Å². The number of nitrogens with one attached hydrogen (secondary N) is 1. The molecule has 3 aliphatic rings. The molecule has 174 valence electrons. The summed E-state index contributed by atoms with van der Waals surface area (Å²) in [6, 6.07) is 15.2. The number of amides is 1. The van der Waals surface area contributed by atoms with Crippen molar-refractivity contribution >= 4 is 39.9 Å². The average molecular weight is 478 g/mol. The van der Waals surface area contributed by atoms with E-state index in [2.05, 4.69) is 15.0 Å². The van der Waals surface area contributed by atoms with E-state index < -0.39 is 5.91 Å². The van der Waals surface area contributed by atoms with Crippen LogP contribution in [-0.2, 0) is 16.1 Å². The molecule has 2 aromatic carbocycles. The molecular weight excluding hydrogens is 454 g/mol. The monoisotopic (exact) mass is 477 g/mol. The lowest BCUT2D eigenvalue weighted by Crippen LogP contribution is -2.39. The van der Waals surface area contributed by atoms with Gasteiger partial charge >= 0.3 is 0 Å². The highest BCUT2D eigenvalue weighted by molar-refractivity contribution is 8.26. The minimum absolute atomic E-state index is 0.00543. The number of hydrazone groups is 1. The van der Waals surface area contributed by atoms with Crippen LogP contribution in [0.2, 0.25) is 0 Å². The fourth-order valence-corrected chi connectivity index (χ4v) is 4.60. The first-order valence-electron chi connectivity index (χ1n) is 10.8. The smallest absolute Gasteiger partial charge is 0.283 e. The maximum atomic E-state index is 12.7. The SMILES string of the molecule is COc1cc(/C=C2/C(=N)N3N=C(N4CCOCC4)SC3=NC2=O)ccc1OCc1ccccc1. The number of hydrogen-bond acceptors (Lipinski definition) is 8. The molecule has 2 aromatic rings. The molecule has 10 heteroatoms. The van der Waals surface area contributed by atoms with Gasteiger partial charge in [-0.15, -0.1) is 5.10 Å². The maximum absolute atomic E-state index is 12.7. The Kier molecular flexibility index (Phi) is 6.33. The summed E-state index contributed by atoms with van der Waals surface area (Å²) in [5.41, 5.74) is 1.90. The molecule has 0 radical (unpaired) electrons. The maximum Gasteiger partial charge on any atom is 0.283 e. The van der Waals surface area contributed by atoms with E-state index in [9.17, 15) is 4.79 Å². The first-order chi connectivity index (χ1) is 16.6. The second-order valence-corrected chi connectivity index (χ2v) is 8.62. The molecule has 1 N–H and O–H groups in total. The molecule has 0 aliphatic carbocycles. The Balaban J connectivity index is 1.35. The Morgan fingerprint density at radius 3 is 2.68 bits per heavy atom. The van der Waals surface area contributed by atoms with Crippen LogP contribution in [-0.4, -0.2) is 65.4 Å². The third-order valence-electron chi connectivity index (χ3n) is 5.46. The van der Waals surface area contributed by atoms with Crippen molar-refractivity contribution in [3.8, 4) is 11.5 Å². The quantitative estimate of drug-likeness (QED) is 0.660. The lowest BCUT2D eigenvalue weighted by molar-refractivity contribution is -0.114. The Hall–Kier alpha value is -3.63. The minimum Gasteiger partial charge on any atom is -0.493 e. The fourth-order valence-electron chi connectivity index (χ4n) is 3.66. The second kappa shape index (κ2) is 9.70. The highest BCUT2D eigenvalue weighted by Gasteiger charge is 2.37. The van der Waals surface area contributed by atoms with Crippen molar-refractivity contribution in [3.63, 3.8) is 0 Å². The van der Waals surface area contributed by atoms with Crippen LogP contribution in [0.3, 0.4) is 0 Å². The standard InChI is InChI=1S/C24H23N5O4S/c1-31-20-14-17(7-8-19(20)33-15-16-5-3-2-4-6-16)13-18-21(25)29-23(26-22(18)30)34-24(27-29)28-9-11-32-12-10-28/h2-8,13-14,25H,9-12,15H2,1H3/b18-13-,25-21?. The molecule has 0 spiro atoms. The number of rotatable bonds is 5. The first kappa shape index (κ1) is 22.2. The van der Waals surface area contributed by atoms with Crippen LogP contribution in [0.5, 0.6) is 11.5 Å². The lowest BCUT2D eigenvalue weighted by Gasteiger charge is -2.26. The molecule has 0 atom stereocenters. The zero-order valence-corrected chi connectivity index (χ0v) is 19.4. The number of benzene rings is 2. The van der Waals surface area contributed by atoms with Crippen LogP contribution in [0, 0.1) is 5.41 Å². The molecule has 1 saturated heterocycles. The van der Waals surface area contributed by atoms with Gasteiger partial charge in [-0.1, -0.05) is 36.4 Å². The molecule has 0 aromatic heterocycles.